The van der Waals surface area contributed by atoms with Crippen molar-refractivity contribution in [3.8, 4) is 0 Å². The predicted molar refractivity (Wildman–Crippen MR) is 71.0 cm³/mol. The summed E-state index contributed by atoms with van der Waals surface area (Å²) in [6.07, 6.45) is 5.46. The summed E-state index contributed by atoms with van der Waals surface area (Å²) in [6.45, 7) is 4.93. The molecular formula is C12H20N4O3. The molecule has 19 heavy (non-hydrogen) atoms. The molecule has 1 rings (SSSR count). The van der Waals surface area contributed by atoms with Crippen molar-refractivity contribution in [1.29, 1.82) is 0 Å². The number of nitro groups is 1. The Morgan fingerprint density at radius 3 is 2.74 bits per heavy atom. The van der Waals surface area contributed by atoms with Gasteiger partial charge < -0.3 is 5.32 Å². The first kappa shape index (κ1) is 15.1. The summed E-state index contributed by atoms with van der Waals surface area (Å²) >= 11 is 0. The van der Waals surface area contributed by atoms with Gasteiger partial charge in [0.2, 0.25) is 5.69 Å². The number of carbonyl (C=O) groups is 1. The van der Waals surface area contributed by atoms with Crippen LogP contribution in [0.25, 0.3) is 0 Å². The summed E-state index contributed by atoms with van der Waals surface area (Å²) in [5, 5.41) is 17.4. The van der Waals surface area contributed by atoms with Crippen LogP contribution < -0.4 is 5.32 Å². The molecule has 0 saturated heterocycles. The lowest BCUT2D eigenvalue weighted by atomic mass is 10.2. The molecule has 1 N–H and O–H groups in total. The van der Waals surface area contributed by atoms with Crippen molar-refractivity contribution in [2.24, 2.45) is 0 Å². The van der Waals surface area contributed by atoms with Crippen molar-refractivity contribution in [1.82, 2.24) is 15.1 Å². The maximum Gasteiger partial charge on any atom is 0.320 e. The Hall–Kier alpha value is -1.92. The number of amides is 1. The van der Waals surface area contributed by atoms with E-state index in [2.05, 4.69) is 17.3 Å². The van der Waals surface area contributed by atoms with Crippen LogP contribution in [0.2, 0.25) is 0 Å². The first-order valence-electron chi connectivity index (χ1n) is 6.60. The molecule has 1 aromatic rings. The van der Waals surface area contributed by atoms with E-state index in [-0.39, 0.29) is 11.4 Å². The predicted octanol–water partition coefficient (Wildman–Crippen LogP) is 2.12. The molecule has 0 saturated carbocycles. The zero-order valence-electron chi connectivity index (χ0n) is 11.4. The smallest absolute Gasteiger partial charge is 0.320 e. The summed E-state index contributed by atoms with van der Waals surface area (Å²) in [7, 11) is 0. The zero-order chi connectivity index (χ0) is 14.3. The van der Waals surface area contributed by atoms with Gasteiger partial charge in [0.05, 0.1) is 4.92 Å². The van der Waals surface area contributed by atoms with E-state index < -0.39 is 10.8 Å². The topological polar surface area (TPSA) is 90.1 Å². The van der Waals surface area contributed by atoms with Gasteiger partial charge in [0.15, 0.2) is 0 Å². The molecule has 0 fully saturated rings. The second-order valence-corrected chi connectivity index (χ2v) is 4.29. The number of nitrogens with one attached hydrogen (secondary N) is 1. The van der Waals surface area contributed by atoms with Crippen LogP contribution >= 0.6 is 0 Å². The number of hydrogen-bond acceptors (Lipinski definition) is 4. The average Bonchev–Trinajstić information content (AvgIpc) is 2.82. The van der Waals surface area contributed by atoms with Crippen molar-refractivity contribution in [3.05, 3.63) is 22.0 Å². The van der Waals surface area contributed by atoms with Crippen LogP contribution in [0.15, 0.2) is 6.20 Å². The van der Waals surface area contributed by atoms with Crippen LogP contribution in [-0.2, 0) is 6.54 Å². The summed E-state index contributed by atoms with van der Waals surface area (Å²) < 4.78 is 1.39. The molecule has 0 aliphatic rings. The number of carbonyl (C=O) groups excluding carboxylic acids is 1. The number of aromatic nitrogens is 2. The van der Waals surface area contributed by atoms with E-state index in [0.717, 1.165) is 25.7 Å². The molecule has 1 heterocycles. The number of rotatable bonds is 8. The van der Waals surface area contributed by atoms with E-state index in [1.54, 1.807) is 0 Å². The molecule has 1 aromatic heterocycles. The van der Waals surface area contributed by atoms with Crippen LogP contribution in [0.1, 0.15) is 50.0 Å². The number of aryl methyl sites for hydroxylation is 1. The van der Waals surface area contributed by atoms with Gasteiger partial charge in [-0.3, -0.25) is 19.6 Å². The number of unbranched alkanes of at least 4 members (excludes halogenated alkanes) is 3. The SMILES string of the molecule is CCCCCCNC(=O)c1nn(CC)cc1[N+](=O)[O-]. The molecule has 7 heteroatoms. The highest BCUT2D eigenvalue weighted by Gasteiger charge is 2.24. The molecule has 0 bridgehead atoms. The fraction of sp³-hybridized carbons (Fsp3) is 0.667. The van der Waals surface area contributed by atoms with Crippen molar-refractivity contribution >= 4 is 11.6 Å². The Morgan fingerprint density at radius 1 is 1.42 bits per heavy atom. The van der Waals surface area contributed by atoms with Gasteiger partial charge in [-0.15, -0.1) is 0 Å². The lowest BCUT2D eigenvalue weighted by Crippen LogP contribution is -2.25. The van der Waals surface area contributed by atoms with E-state index in [0.29, 0.717) is 13.1 Å². The summed E-state index contributed by atoms with van der Waals surface area (Å²) in [4.78, 5) is 22.1. The normalized spacial score (nSPS) is 10.4. The van der Waals surface area contributed by atoms with Crippen LogP contribution in [0.3, 0.4) is 0 Å². The summed E-state index contributed by atoms with van der Waals surface area (Å²) in [6, 6.07) is 0. The van der Waals surface area contributed by atoms with Crippen molar-refractivity contribution < 1.29 is 9.72 Å². The van der Waals surface area contributed by atoms with E-state index >= 15 is 0 Å². The highest BCUT2D eigenvalue weighted by Crippen LogP contribution is 2.16. The van der Waals surface area contributed by atoms with Gasteiger partial charge in [0.1, 0.15) is 6.20 Å². The molecule has 0 atom stereocenters. The van der Waals surface area contributed by atoms with Crippen LogP contribution in [0.5, 0.6) is 0 Å². The second-order valence-electron chi connectivity index (χ2n) is 4.29. The van der Waals surface area contributed by atoms with E-state index in [1.807, 2.05) is 6.92 Å². The van der Waals surface area contributed by atoms with Gasteiger partial charge in [-0.1, -0.05) is 26.2 Å². The first-order chi connectivity index (χ1) is 9.10. The van der Waals surface area contributed by atoms with Gasteiger partial charge in [-0.05, 0) is 13.3 Å². The molecule has 0 aromatic carbocycles. The minimum atomic E-state index is -0.578. The molecule has 0 aliphatic carbocycles. The standard InChI is InChI=1S/C12H20N4O3/c1-3-5-6-7-8-13-12(17)11-10(16(18)19)9-15(4-2)14-11/h9H,3-8H2,1-2H3,(H,13,17). The largest absolute Gasteiger partial charge is 0.350 e. The van der Waals surface area contributed by atoms with Gasteiger partial charge in [0.25, 0.3) is 5.91 Å². The summed E-state index contributed by atoms with van der Waals surface area (Å²) in [5.41, 5.74) is -0.352. The van der Waals surface area contributed by atoms with Gasteiger partial charge in [-0.25, -0.2) is 0 Å². The third-order valence-electron chi connectivity index (χ3n) is 2.79. The van der Waals surface area contributed by atoms with E-state index in [9.17, 15) is 14.9 Å². The maximum atomic E-state index is 11.8. The monoisotopic (exact) mass is 268 g/mol. The Balaban J connectivity index is 2.60. The Kier molecular flexibility index (Phi) is 5.98. The summed E-state index contributed by atoms with van der Waals surface area (Å²) in [5.74, 6) is -0.476. The fourth-order valence-electron chi connectivity index (χ4n) is 1.71. The van der Waals surface area contributed by atoms with Crippen LogP contribution in [0.4, 0.5) is 5.69 Å². The second kappa shape index (κ2) is 7.50. The Labute approximate surface area is 112 Å². The fourth-order valence-corrected chi connectivity index (χ4v) is 1.71. The van der Waals surface area contributed by atoms with E-state index in [1.165, 1.54) is 10.9 Å². The van der Waals surface area contributed by atoms with Crippen molar-refractivity contribution in [2.75, 3.05) is 6.54 Å². The molecule has 0 radical (unpaired) electrons. The maximum absolute atomic E-state index is 11.8. The van der Waals surface area contributed by atoms with Gasteiger partial charge in [0, 0.05) is 13.1 Å². The highest BCUT2D eigenvalue weighted by atomic mass is 16.6. The quantitative estimate of drug-likeness (QED) is 0.444. The van der Waals surface area contributed by atoms with Crippen LogP contribution in [-0.4, -0.2) is 27.2 Å². The molecular weight excluding hydrogens is 248 g/mol. The zero-order valence-corrected chi connectivity index (χ0v) is 11.4. The number of hydrogen-bond donors (Lipinski definition) is 1. The molecule has 0 spiro atoms. The molecule has 7 nitrogen and oxygen atoms in total. The van der Waals surface area contributed by atoms with Gasteiger partial charge >= 0.3 is 5.69 Å². The number of nitrogens with zero attached hydrogens (tertiary/aromatic N) is 3. The van der Waals surface area contributed by atoms with Crippen LogP contribution in [0, 0.1) is 10.1 Å². The molecule has 0 unspecified atom stereocenters. The van der Waals surface area contributed by atoms with Crippen molar-refractivity contribution in [2.45, 2.75) is 46.1 Å². The molecule has 0 aliphatic heterocycles. The van der Waals surface area contributed by atoms with Crippen molar-refractivity contribution in [3.63, 3.8) is 0 Å². The third-order valence-corrected chi connectivity index (χ3v) is 2.79. The van der Waals surface area contributed by atoms with E-state index in [4.69, 9.17) is 0 Å². The third kappa shape index (κ3) is 4.35. The molecule has 1 amide bonds. The molecule has 106 valence electrons. The Bertz CT molecular complexity index is 442. The highest BCUT2D eigenvalue weighted by molar-refractivity contribution is 5.95. The minimum Gasteiger partial charge on any atom is -0.350 e. The lowest BCUT2D eigenvalue weighted by molar-refractivity contribution is -0.385. The lowest BCUT2D eigenvalue weighted by Gasteiger charge is -2.02. The Morgan fingerprint density at radius 2 is 2.16 bits per heavy atom. The van der Waals surface area contributed by atoms with Gasteiger partial charge in [-0.2, -0.15) is 5.10 Å². The minimum absolute atomic E-state index is 0.109. The average molecular weight is 268 g/mol. The first-order valence-corrected chi connectivity index (χ1v) is 6.60.